The third kappa shape index (κ3) is 3.04. The Balaban J connectivity index is 2.15. The summed E-state index contributed by atoms with van der Waals surface area (Å²) in [5.41, 5.74) is 6.24. The third-order valence-electron chi connectivity index (χ3n) is 3.93. The smallest absolute Gasteiger partial charge is 0.255 e. The quantitative estimate of drug-likeness (QED) is 0.857. The van der Waals surface area contributed by atoms with Crippen LogP contribution in [0.25, 0.3) is 0 Å². The number of methoxy groups -OCH3 is 2. The average molecular weight is 278 g/mol. The zero-order chi connectivity index (χ0) is 14.5. The van der Waals surface area contributed by atoms with Crippen molar-refractivity contribution < 1.29 is 14.3 Å². The van der Waals surface area contributed by atoms with Gasteiger partial charge in [-0.2, -0.15) is 0 Å². The minimum Gasteiger partial charge on any atom is -0.497 e. The van der Waals surface area contributed by atoms with E-state index >= 15 is 0 Å². The maximum absolute atomic E-state index is 12.4. The van der Waals surface area contributed by atoms with E-state index in [1.165, 1.54) is 0 Å². The average Bonchev–Trinajstić information content (AvgIpc) is 2.93. The van der Waals surface area contributed by atoms with E-state index in [-0.39, 0.29) is 11.9 Å². The van der Waals surface area contributed by atoms with E-state index in [4.69, 9.17) is 15.2 Å². The molecule has 1 aromatic rings. The second kappa shape index (κ2) is 6.61. The Hall–Kier alpha value is -1.75. The van der Waals surface area contributed by atoms with Crippen LogP contribution in [0.15, 0.2) is 18.2 Å². The summed E-state index contributed by atoms with van der Waals surface area (Å²) < 4.78 is 10.4. The Kier molecular flexibility index (Phi) is 4.84. The van der Waals surface area contributed by atoms with Crippen molar-refractivity contribution in [2.45, 2.75) is 25.3 Å². The second-order valence-corrected chi connectivity index (χ2v) is 5.07. The molecule has 0 radical (unpaired) electrons. The Labute approximate surface area is 119 Å². The van der Waals surface area contributed by atoms with Crippen LogP contribution >= 0.6 is 0 Å². The largest absolute Gasteiger partial charge is 0.497 e. The van der Waals surface area contributed by atoms with E-state index in [1.807, 2.05) is 0 Å². The third-order valence-corrected chi connectivity index (χ3v) is 3.93. The molecule has 0 bridgehead atoms. The maximum Gasteiger partial charge on any atom is 0.255 e. The molecule has 1 amide bonds. The standard InChI is InChI=1S/C15H22N2O3/c1-19-11-6-7-14(20-2)12(8-11)15(18)17-13-5-3-4-10(13)9-16/h6-8,10,13H,3-5,9,16H2,1-2H3,(H,17,18). The van der Waals surface area contributed by atoms with E-state index < -0.39 is 0 Å². The van der Waals surface area contributed by atoms with Gasteiger partial charge in [0.05, 0.1) is 19.8 Å². The molecule has 2 atom stereocenters. The molecule has 0 heterocycles. The topological polar surface area (TPSA) is 73.6 Å². The van der Waals surface area contributed by atoms with E-state index in [9.17, 15) is 4.79 Å². The molecule has 110 valence electrons. The monoisotopic (exact) mass is 278 g/mol. The molecule has 1 aromatic carbocycles. The molecule has 0 aromatic heterocycles. The molecule has 3 N–H and O–H groups in total. The zero-order valence-corrected chi connectivity index (χ0v) is 12.0. The Morgan fingerprint density at radius 1 is 1.35 bits per heavy atom. The van der Waals surface area contributed by atoms with Crippen LogP contribution in [0.3, 0.4) is 0 Å². The van der Waals surface area contributed by atoms with Crippen molar-refractivity contribution >= 4 is 5.91 Å². The van der Waals surface area contributed by atoms with Gasteiger partial charge in [0.1, 0.15) is 11.5 Å². The van der Waals surface area contributed by atoms with Crippen molar-refractivity contribution in [3.05, 3.63) is 23.8 Å². The van der Waals surface area contributed by atoms with Crippen LogP contribution in [0.4, 0.5) is 0 Å². The van der Waals surface area contributed by atoms with Gasteiger partial charge in [-0.15, -0.1) is 0 Å². The predicted molar refractivity (Wildman–Crippen MR) is 77.2 cm³/mol. The molecule has 1 aliphatic rings. The number of carbonyl (C=O) groups excluding carboxylic acids is 1. The Morgan fingerprint density at radius 2 is 2.15 bits per heavy atom. The van der Waals surface area contributed by atoms with Gasteiger partial charge in [-0.3, -0.25) is 4.79 Å². The first-order valence-electron chi connectivity index (χ1n) is 6.92. The van der Waals surface area contributed by atoms with Crippen molar-refractivity contribution in [2.24, 2.45) is 11.7 Å². The highest BCUT2D eigenvalue weighted by Crippen LogP contribution is 2.27. The predicted octanol–water partition coefficient (Wildman–Crippen LogP) is 1.56. The molecule has 5 nitrogen and oxygen atoms in total. The number of nitrogens with one attached hydrogen (secondary N) is 1. The molecule has 1 aliphatic carbocycles. The maximum atomic E-state index is 12.4. The molecule has 1 saturated carbocycles. The fourth-order valence-corrected chi connectivity index (χ4v) is 2.75. The summed E-state index contributed by atoms with van der Waals surface area (Å²) in [6, 6.07) is 5.36. The molecule has 2 unspecified atom stereocenters. The lowest BCUT2D eigenvalue weighted by Crippen LogP contribution is -2.40. The lowest BCUT2D eigenvalue weighted by atomic mass is 10.0. The fraction of sp³-hybridized carbons (Fsp3) is 0.533. The molecule has 5 heteroatoms. The van der Waals surface area contributed by atoms with Crippen LogP contribution in [0.1, 0.15) is 29.6 Å². The van der Waals surface area contributed by atoms with Crippen LogP contribution in [0.5, 0.6) is 11.5 Å². The van der Waals surface area contributed by atoms with Gasteiger partial charge < -0.3 is 20.5 Å². The number of hydrogen-bond acceptors (Lipinski definition) is 4. The number of benzene rings is 1. The molecule has 0 spiro atoms. The second-order valence-electron chi connectivity index (χ2n) is 5.07. The first-order chi connectivity index (χ1) is 9.69. The molecular formula is C15H22N2O3. The number of rotatable bonds is 5. The number of nitrogens with two attached hydrogens (primary N) is 1. The van der Waals surface area contributed by atoms with Crippen molar-refractivity contribution in [1.82, 2.24) is 5.32 Å². The van der Waals surface area contributed by atoms with Gasteiger partial charge in [0, 0.05) is 6.04 Å². The minimum atomic E-state index is -0.133. The Morgan fingerprint density at radius 3 is 2.80 bits per heavy atom. The van der Waals surface area contributed by atoms with Crippen LogP contribution in [-0.4, -0.2) is 32.7 Å². The summed E-state index contributed by atoms with van der Waals surface area (Å²) in [4.78, 5) is 12.4. The summed E-state index contributed by atoms with van der Waals surface area (Å²) in [5, 5.41) is 3.07. The van der Waals surface area contributed by atoms with E-state index in [2.05, 4.69) is 5.32 Å². The van der Waals surface area contributed by atoms with E-state index in [0.717, 1.165) is 19.3 Å². The van der Waals surface area contributed by atoms with Crippen molar-refractivity contribution in [3.8, 4) is 11.5 Å². The zero-order valence-electron chi connectivity index (χ0n) is 12.0. The molecule has 20 heavy (non-hydrogen) atoms. The van der Waals surface area contributed by atoms with Gasteiger partial charge in [-0.25, -0.2) is 0 Å². The van der Waals surface area contributed by atoms with Crippen LogP contribution in [0.2, 0.25) is 0 Å². The molecule has 0 aliphatic heterocycles. The number of hydrogen-bond donors (Lipinski definition) is 2. The van der Waals surface area contributed by atoms with Crippen molar-refractivity contribution in [2.75, 3.05) is 20.8 Å². The summed E-state index contributed by atoms with van der Waals surface area (Å²) in [7, 11) is 3.13. The van der Waals surface area contributed by atoms with Crippen molar-refractivity contribution in [3.63, 3.8) is 0 Å². The van der Waals surface area contributed by atoms with Crippen LogP contribution in [0, 0.1) is 5.92 Å². The Bertz CT molecular complexity index is 476. The van der Waals surface area contributed by atoms with E-state index in [1.54, 1.807) is 32.4 Å². The highest BCUT2D eigenvalue weighted by molar-refractivity contribution is 5.97. The SMILES string of the molecule is COc1ccc(OC)c(C(=O)NC2CCCC2CN)c1. The van der Waals surface area contributed by atoms with Crippen LogP contribution in [-0.2, 0) is 0 Å². The van der Waals surface area contributed by atoms with Gasteiger partial charge in [-0.1, -0.05) is 6.42 Å². The fourth-order valence-electron chi connectivity index (χ4n) is 2.75. The summed E-state index contributed by atoms with van der Waals surface area (Å²) in [6.07, 6.45) is 3.18. The van der Waals surface area contributed by atoms with E-state index in [0.29, 0.717) is 29.5 Å². The highest BCUT2D eigenvalue weighted by Gasteiger charge is 2.28. The summed E-state index contributed by atoms with van der Waals surface area (Å²) >= 11 is 0. The normalized spacial score (nSPS) is 21.6. The van der Waals surface area contributed by atoms with Gasteiger partial charge in [0.2, 0.25) is 0 Å². The minimum absolute atomic E-state index is 0.133. The molecule has 2 rings (SSSR count). The molecule has 1 fully saturated rings. The summed E-state index contributed by atoms with van der Waals surface area (Å²) in [6.45, 7) is 0.611. The van der Waals surface area contributed by atoms with Gasteiger partial charge in [0.15, 0.2) is 0 Å². The molecular weight excluding hydrogens is 256 g/mol. The molecule has 0 saturated heterocycles. The van der Waals surface area contributed by atoms with Gasteiger partial charge >= 0.3 is 0 Å². The lowest BCUT2D eigenvalue weighted by Gasteiger charge is -2.20. The van der Waals surface area contributed by atoms with Crippen molar-refractivity contribution in [1.29, 1.82) is 0 Å². The summed E-state index contributed by atoms with van der Waals surface area (Å²) in [5.74, 6) is 1.42. The number of carbonyl (C=O) groups is 1. The number of amides is 1. The first kappa shape index (κ1) is 14.7. The lowest BCUT2D eigenvalue weighted by molar-refractivity contribution is 0.0925. The van der Waals surface area contributed by atoms with Gasteiger partial charge in [-0.05, 0) is 43.5 Å². The number of ether oxygens (including phenoxy) is 2. The first-order valence-corrected chi connectivity index (χ1v) is 6.92. The van der Waals surface area contributed by atoms with Crippen LogP contribution < -0.4 is 20.5 Å². The van der Waals surface area contributed by atoms with Gasteiger partial charge in [0.25, 0.3) is 5.91 Å². The highest BCUT2D eigenvalue weighted by atomic mass is 16.5.